The number of nitrogens with zero attached hydrogens (tertiary/aromatic N) is 3. The lowest BCUT2D eigenvalue weighted by atomic mass is 9.99. The van der Waals surface area contributed by atoms with Crippen LogP contribution in [-0.4, -0.2) is 21.0 Å². The number of unbranched alkanes of at least 4 members (excludes halogenated alkanes) is 1. The maximum Gasteiger partial charge on any atom is 0.350 e. The van der Waals surface area contributed by atoms with Gasteiger partial charge < -0.3 is 9.15 Å². The third kappa shape index (κ3) is 4.03. The average molecular weight is 403 g/mol. The van der Waals surface area contributed by atoms with Crippen LogP contribution in [0.3, 0.4) is 0 Å². The van der Waals surface area contributed by atoms with Gasteiger partial charge in [0.05, 0.1) is 11.6 Å². The lowest BCUT2D eigenvalue weighted by Crippen LogP contribution is -2.24. The highest BCUT2D eigenvalue weighted by atomic mass is 19.1. The first kappa shape index (κ1) is 21.0. The summed E-state index contributed by atoms with van der Waals surface area (Å²) in [4.78, 5) is 24.9. The molecular weight excluding hydrogens is 377 g/mol. The lowest BCUT2D eigenvalue weighted by Gasteiger charge is -2.10. The van der Waals surface area contributed by atoms with Gasteiger partial charge in [-0.25, -0.2) is 14.0 Å². The van der Waals surface area contributed by atoms with E-state index >= 15 is 0 Å². The third-order valence-corrected chi connectivity index (χ3v) is 4.89. The first-order valence-corrected chi connectivity index (χ1v) is 9.90. The van der Waals surface area contributed by atoms with E-state index in [-0.39, 0.29) is 23.6 Å². The van der Waals surface area contributed by atoms with Gasteiger partial charge in [0, 0.05) is 13.2 Å². The van der Waals surface area contributed by atoms with Crippen molar-refractivity contribution in [1.82, 2.24) is 14.3 Å². The summed E-state index contributed by atoms with van der Waals surface area (Å²) < 4.78 is 28.0. The molecule has 0 aliphatic rings. The number of halogens is 1. The number of benzene rings is 1. The van der Waals surface area contributed by atoms with Crippen molar-refractivity contribution < 1.29 is 13.5 Å². The van der Waals surface area contributed by atoms with E-state index in [9.17, 15) is 14.0 Å². The zero-order chi connectivity index (χ0) is 21.1. The van der Waals surface area contributed by atoms with E-state index in [4.69, 9.17) is 9.15 Å². The van der Waals surface area contributed by atoms with Crippen LogP contribution in [0.2, 0.25) is 0 Å². The first-order chi connectivity index (χ1) is 13.9. The average Bonchev–Trinajstić information content (AvgIpc) is 3.00. The Bertz CT molecular complexity index is 1130. The molecule has 0 radical (unpaired) electrons. The summed E-state index contributed by atoms with van der Waals surface area (Å²) in [6.45, 7) is 8.91. The predicted molar refractivity (Wildman–Crippen MR) is 108 cm³/mol. The van der Waals surface area contributed by atoms with Crippen LogP contribution in [0.1, 0.15) is 57.8 Å². The molecule has 1 aromatic carbocycles. The lowest BCUT2D eigenvalue weighted by molar-refractivity contribution is 0.110. The van der Waals surface area contributed by atoms with Crippen LogP contribution < -0.4 is 11.3 Å². The summed E-state index contributed by atoms with van der Waals surface area (Å²) in [6.07, 6.45) is 3.30. The Kier molecular flexibility index (Phi) is 6.32. The predicted octanol–water partition coefficient (Wildman–Crippen LogP) is 3.74. The summed E-state index contributed by atoms with van der Waals surface area (Å²) >= 11 is 0. The zero-order valence-corrected chi connectivity index (χ0v) is 17.2. The van der Waals surface area contributed by atoms with Crippen LogP contribution >= 0.6 is 0 Å². The Morgan fingerprint density at radius 1 is 1.21 bits per heavy atom. The second-order valence-corrected chi connectivity index (χ2v) is 7.24. The van der Waals surface area contributed by atoms with Gasteiger partial charge in [-0.15, -0.1) is 5.10 Å². The van der Waals surface area contributed by atoms with E-state index in [1.54, 1.807) is 0 Å². The van der Waals surface area contributed by atoms with E-state index in [0.717, 1.165) is 29.2 Å². The standard InChI is InChI=1S/C21H26FN3O4/c1-5-7-8-28-12-19-23-25(21(27)24(19)6-2)18-10-14-15(9-17(18)22)20(26)29-11-16(14)13(3)4/h9-11,13H,5-8,12H2,1-4H3. The molecule has 0 aliphatic carbocycles. The molecule has 3 aromatic rings. The maximum atomic E-state index is 14.9. The number of rotatable bonds is 8. The Labute approximate surface area is 167 Å². The molecule has 0 fully saturated rings. The minimum atomic E-state index is -0.716. The second-order valence-electron chi connectivity index (χ2n) is 7.24. The molecule has 0 spiro atoms. The topological polar surface area (TPSA) is 79.3 Å². The first-order valence-electron chi connectivity index (χ1n) is 9.90. The van der Waals surface area contributed by atoms with Gasteiger partial charge in [0.2, 0.25) is 0 Å². The highest BCUT2D eigenvalue weighted by Crippen LogP contribution is 2.27. The molecule has 8 heteroatoms. The van der Waals surface area contributed by atoms with E-state index in [2.05, 4.69) is 12.0 Å². The van der Waals surface area contributed by atoms with Crippen molar-refractivity contribution in [2.45, 2.75) is 59.6 Å². The number of aromatic nitrogens is 3. The molecule has 29 heavy (non-hydrogen) atoms. The van der Waals surface area contributed by atoms with Crippen molar-refractivity contribution in [3.05, 3.63) is 56.5 Å². The zero-order valence-electron chi connectivity index (χ0n) is 17.2. The van der Waals surface area contributed by atoms with E-state index in [1.807, 2.05) is 20.8 Å². The summed E-state index contributed by atoms with van der Waals surface area (Å²) in [5.74, 6) is -0.232. The van der Waals surface area contributed by atoms with Crippen molar-refractivity contribution >= 4 is 10.8 Å². The molecule has 0 aliphatic heterocycles. The van der Waals surface area contributed by atoms with Gasteiger partial charge in [0.15, 0.2) is 5.82 Å². The highest BCUT2D eigenvalue weighted by molar-refractivity contribution is 5.86. The van der Waals surface area contributed by atoms with Crippen LogP contribution in [0, 0.1) is 5.82 Å². The molecule has 0 unspecified atom stereocenters. The number of hydrogen-bond acceptors (Lipinski definition) is 5. The van der Waals surface area contributed by atoms with Crippen LogP contribution in [0.25, 0.3) is 16.5 Å². The number of fused-ring (bicyclic) bond motifs is 1. The summed E-state index contributed by atoms with van der Waals surface area (Å²) in [5.41, 5.74) is -0.316. The van der Waals surface area contributed by atoms with Crippen molar-refractivity contribution in [2.75, 3.05) is 6.61 Å². The third-order valence-electron chi connectivity index (χ3n) is 4.89. The minimum absolute atomic E-state index is 0.00277. The molecule has 0 atom stereocenters. The molecule has 0 N–H and O–H groups in total. The Balaban J connectivity index is 2.14. The molecule has 3 rings (SSSR count). The Hall–Kier alpha value is -2.74. The molecule has 0 saturated heterocycles. The summed E-state index contributed by atoms with van der Waals surface area (Å²) in [7, 11) is 0. The fourth-order valence-electron chi connectivity index (χ4n) is 3.25. The molecular formula is C21H26FN3O4. The van der Waals surface area contributed by atoms with Gasteiger partial charge in [-0.2, -0.15) is 4.68 Å². The van der Waals surface area contributed by atoms with Crippen molar-refractivity contribution in [3.8, 4) is 5.69 Å². The maximum absolute atomic E-state index is 14.9. The van der Waals surface area contributed by atoms with E-state index in [1.165, 1.54) is 16.9 Å². The normalized spacial score (nSPS) is 11.7. The van der Waals surface area contributed by atoms with Gasteiger partial charge in [-0.05, 0) is 42.3 Å². The minimum Gasteiger partial charge on any atom is -0.431 e. The smallest absolute Gasteiger partial charge is 0.350 e. The van der Waals surface area contributed by atoms with E-state index in [0.29, 0.717) is 24.4 Å². The van der Waals surface area contributed by atoms with Crippen molar-refractivity contribution in [3.63, 3.8) is 0 Å². The number of hydrogen-bond donors (Lipinski definition) is 0. The van der Waals surface area contributed by atoms with Crippen LogP contribution in [-0.2, 0) is 17.9 Å². The Morgan fingerprint density at radius 3 is 2.62 bits per heavy atom. The monoisotopic (exact) mass is 403 g/mol. The van der Waals surface area contributed by atoms with Gasteiger partial charge in [0.1, 0.15) is 18.1 Å². The quantitative estimate of drug-likeness (QED) is 0.536. The SMILES string of the molecule is CCCCOCc1nn(-c2cc3c(C(C)C)coc(=O)c3cc2F)c(=O)n1CC. The molecule has 7 nitrogen and oxygen atoms in total. The van der Waals surface area contributed by atoms with Crippen LogP contribution in [0.5, 0.6) is 0 Å². The summed E-state index contributed by atoms with van der Waals surface area (Å²) in [6, 6.07) is 2.60. The second kappa shape index (κ2) is 8.73. The van der Waals surface area contributed by atoms with Crippen LogP contribution in [0.15, 0.2) is 32.4 Å². The van der Waals surface area contributed by atoms with Gasteiger partial charge in [0.25, 0.3) is 0 Å². The van der Waals surface area contributed by atoms with Gasteiger partial charge in [-0.1, -0.05) is 27.2 Å². The molecule has 2 heterocycles. The molecule has 156 valence electrons. The van der Waals surface area contributed by atoms with Gasteiger partial charge in [-0.3, -0.25) is 4.57 Å². The molecule has 0 bridgehead atoms. The van der Waals surface area contributed by atoms with Gasteiger partial charge >= 0.3 is 11.3 Å². The number of ether oxygens (including phenoxy) is 1. The van der Waals surface area contributed by atoms with E-state index < -0.39 is 17.1 Å². The largest absolute Gasteiger partial charge is 0.431 e. The van der Waals surface area contributed by atoms with Crippen molar-refractivity contribution in [1.29, 1.82) is 0 Å². The Morgan fingerprint density at radius 2 is 1.97 bits per heavy atom. The van der Waals surface area contributed by atoms with Crippen molar-refractivity contribution in [2.24, 2.45) is 0 Å². The molecule has 0 amide bonds. The summed E-state index contributed by atoms with van der Waals surface area (Å²) in [5, 5.41) is 5.00. The highest BCUT2D eigenvalue weighted by Gasteiger charge is 2.19. The fourth-order valence-corrected chi connectivity index (χ4v) is 3.25. The fraction of sp³-hybridized carbons (Fsp3) is 0.476. The van der Waals surface area contributed by atoms with Crippen LogP contribution in [0.4, 0.5) is 4.39 Å². The molecule has 2 aromatic heterocycles. The molecule has 0 saturated carbocycles.